The molecule has 0 saturated carbocycles. The number of nitrogens with zero attached hydrogens (tertiary/aromatic N) is 1. The lowest BCUT2D eigenvalue weighted by Crippen LogP contribution is -2.15. The van der Waals surface area contributed by atoms with Gasteiger partial charge in [-0.2, -0.15) is 0 Å². The molecule has 1 aromatic carbocycles. The van der Waals surface area contributed by atoms with E-state index in [-0.39, 0.29) is 0 Å². The lowest BCUT2D eigenvalue weighted by Gasteiger charge is -2.20. The van der Waals surface area contributed by atoms with Gasteiger partial charge in [-0.05, 0) is 31.4 Å². The maximum absolute atomic E-state index is 2.45. The number of allylic oxidation sites excluding steroid dienone is 2. The maximum Gasteiger partial charge on any atom is 0.0408 e. The summed E-state index contributed by atoms with van der Waals surface area (Å²) in [7, 11) is 0. The minimum Gasteiger partial charge on any atom is -0.345 e. The number of para-hydroxylation sites is 1. The number of unbranched alkanes of at least 4 members (excludes halogenated alkanes) is 1. The van der Waals surface area contributed by atoms with Gasteiger partial charge in [0.2, 0.25) is 0 Å². The van der Waals surface area contributed by atoms with Crippen LogP contribution in [0.2, 0.25) is 0 Å². The molecule has 2 rings (SSSR count). The number of hydrogen-bond donors (Lipinski definition) is 0. The standard InChI is InChI=1S/C14H19N/c1-2-3-8-13-11-7-12-15(13)14-9-5-4-6-10-14/h4-6,8-10H,2-3,7,11-12H2,1H3/b13-8+. The van der Waals surface area contributed by atoms with Crippen molar-refractivity contribution in [2.75, 3.05) is 11.4 Å². The van der Waals surface area contributed by atoms with Gasteiger partial charge >= 0.3 is 0 Å². The average Bonchev–Trinajstić information content (AvgIpc) is 2.75. The van der Waals surface area contributed by atoms with Gasteiger partial charge < -0.3 is 4.90 Å². The van der Waals surface area contributed by atoms with E-state index in [0.29, 0.717) is 0 Å². The normalized spacial score (nSPS) is 18.7. The second-order valence-electron chi connectivity index (χ2n) is 4.07. The highest BCUT2D eigenvalue weighted by Gasteiger charge is 2.17. The molecule has 0 unspecified atom stereocenters. The van der Waals surface area contributed by atoms with Crippen molar-refractivity contribution in [2.24, 2.45) is 0 Å². The SMILES string of the molecule is CCC/C=C1\CCCN1c1ccccc1. The summed E-state index contributed by atoms with van der Waals surface area (Å²) in [6.07, 6.45) is 7.39. The molecular weight excluding hydrogens is 182 g/mol. The van der Waals surface area contributed by atoms with Gasteiger partial charge in [0.05, 0.1) is 0 Å². The molecule has 1 heteroatoms. The molecule has 0 radical (unpaired) electrons. The fourth-order valence-corrected chi connectivity index (χ4v) is 2.12. The van der Waals surface area contributed by atoms with Gasteiger partial charge in [0, 0.05) is 17.9 Å². The third-order valence-corrected chi connectivity index (χ3v) is 2.90. The lowest BCUT2D eigenvalue weighted by atomic mass is 10.2. The Morgan fingerprint density at radius 3 is 2.80 bits per heavy atom. The second-order valence-corrected chi connectivity index (χ2v) is 4.07. The third-order valence-electron chi connectivity index (χ3n) is 2.90. The zero-order chi connectivity index (χ0) is 10.5. The highest BCUT2D eigenvalue weighted by molar-refractivity contribution is 5.53. The zero-order valence-electron chi connectivity index (χ0n) is 9.45. The van der Waals surface area contributed by atoms with Crippen molar-refractivity contribution >= 4 is 5.69 Å². The number of anilines is 1. The van der Waals surface area contributed by atoms with E-state index < -0.39 is 0 Å². The summed E-state index contributed by atoms with van der Waals surface area (Å²) in [6, 6.07) is 10.7. The lowest BCUT2D eigenvalue weighted by molar-refractivity contribution is 0.932. The van der Waals surface area contributed by atoms with E-state index in [2.05, 4.69) is 48.2 Å². The smallest absolute Gasteiger partial charge is 0.0408 e. The Kier molecular flexibility index (Phi) is 3.44. The quantitative estimate of drug-likeness (QED) is 0.715. The fraction of sp³-hybridized carbons (Fsp3) is 0.429. The molecule has 15 heavy (non-hydrogen) atoms. The Morgan fingerprint density at radius 1 is 1.27 bits per heavy atom. The van der Waals surface area contributed by atoms with Crippen LogP contribution in [0.3, 0.4) is 0 Å². The van der Waals surface area contributed by atoms with E-state index in [0.717, 1.165) is 0 Å². The molecule has 0 spiro atoms. The Hall–Kier alpha value is -1.24. The maximum atomic E-state index is 2.45. The van der Waals surface area contributed by atoms with Crippen LogP contribution >= 0.6 is 0 Å². The van der Waals surface area contributed by atoms with E-state index in [9.17, 15) is 0 Å². The summed E-state index contributed by atoms with van der Waals surface area (Å²) in [5, 5.41) is 0. The molecule has 1 aliphatic rings. The topological polar surface area (TPSA) is 3.24 Å². The third kappa shape index (κ3) is 2.41. The first kappa shape index (κ1) is 10.3. The average molecular weight is 201 g/mol. The summed E-state index contributed by atoms with van der Waals surface area (Å²) in [5.74, 6) is 0. The van der Waals surface area contributed by atoms with Crippen LogP contribution in [0.25, 0.3) is 0 Å². The molecule has 1 aromatic rings. The van der Waals surface area contributed by atoms with Crippen molar-refractivity contribution < 1.29 is 0 Å². The van der Waals surface area contributed by atoms with Crippen LogP contribution in [0.1, 0.15) is 32.6 Å². The minimum atomic E-state index is 1.18. The molecule has 0 aliphatic carbocycles. The fourth-order valence-electron chi connectivity index (χ4n) is 2.12. The van der Waals surface area contributed by atoms with Gasteiger partial charge in [0.1, 0.15) is 0 Å². The van der Waals surface area contributed by atoms with E-state index in [1.807, 2.05) is 0 Å². The van der Waals surface area contributed by atoms with Crippen molar-refractivity contribution in [1.29, 1.82) is 0 Å². The first-order chi connectivity index (χ1) is 7.42. The molecule has 0 amide bonds. The molecule has 0 aromatic heterocycles. The molecule has 1 nitrogen and oxygen atoms in total. The van der Waals surface area contributed by atoms with Crippen LogP contribution in [-0.4, -0.2) is 6.54 Å². The van der Waals surface area contributed by atoms with E-state index in [4.69, 9.17) is 0 Å². The molecule has 0 atom stereocenters. The van der Waals surface area contributed by atoms with Gasteiger partial charge in [0.15, 0.2) is 0 Å². The Morgan fingerprint density at radius 2 is 2.07 bits per heavy atom. The van der Waals surface area contributed by atoms with Crippen molar-refractivity contribution in [3.8, 4) is 0 Å². The second kappa shape index (κ2) is 5.01. The molecule has 1 heterocycles. The first-order valence-corrected chi connectivity index (χ1v) is 5.93. The molecule has 1 aliphatic heterocycles. The largest absolute Gasteiger partial charge is 0.345 e. The first-order valence-electron chi connectivity index (χ1n) is 5.93. The van der Waals surface area contributed by atoms with Crippen molar-refractivity contribution in [3.63, 3.8) is 0 Å². The van der Waals surface area contributed by atoms with Crippen molar-refractivity contribution in [1.82, 2.24) is 0 Å². The zero-order valence-corrected chi connectivity index (χ0v) is 9.45. The van der Waals surface area contributed by atoms with Crippen LogP contribution in [0.4, 0.5) is 5.69 Å². The van der Waals surface area contributed by atoms with Gasteiger partial charge in [0.25, 0.3) is 0 Å². The van der Waals surface area contributed by atoms with Crippen LogP contribution in [0.15, 0.2) is 42.1 Å². The van der Waals surface area contributed by atoms with E-state index >= 15 is 0 Å². The Labute approximate surface area is 92.4 Å². The summed E-state index contributed by atoms with van der Waals surface area (Å²) in [5.41, 5.74) is 2.86. The van der Waals surface area contributed by atoms with Crippen LogP contribution in [0.5, 0.6) is 0 Å². The number of hydrogen-bond acceptors (Lipinski definition) is 1. The van der Waals surface area contributed by atoms with Crippen molar-refractivity contribution in [2.45, 2.75) is 32.6 Å². The monoisotopic (exact) mass is 201 g/mol. The number of rotatable bonds is 3. The summed E-state index contributed by atoms with van der Waals surface area (Å²) in [6.45, 7) is 3.42. The highest BCUT2D eigenvalue weighted by Crippen LogP contribution is 2.28. The van der Waals surface area contributed by atoms with Crippen LogP contribution in [0, 0.1) is 0 Å². The van der Waals surface area contributed by atoms with E-state index in [1.54, 1.807) is 0 Å². The highest BCUT2D eigenvalue weighted by atomic mass is 15.2. The Bertz CT molecular complexity index is 326. The van der Waals surface area contributed by atoms with Gasteiger partial charge in [-0.1, -0.05) is 37.6 Å². The van der Waals surface area contributed by atoms with Crippen molar-refractivity contribution in [3.05, 3.63) is 42.1 Å². The van der Waals surface area contributed by atoms with Gasteiger partial charge in [-0.25, -0.2) is 0 Å². The molecular formula is C14H19N. The molecule has 0 N–H and O–H groups in total. The molecule has 0 bridgehead atoms. The van der Waals surface area contributed by atoms with Crippen LogP contribution in [-0.2, 0) is 0 Å². The Balaban J connectivity index is 2.15. The predicted octanol–water partition coefficient (Wildman–Crippen LogP) is 3.97. The number of benzene rings is 1. The van der Waals surface area contributed by atoms with Crippen LogP contribution < -0.4 is 4.90 Å². The predicted molar refractivity (Wildman–Crippen MR) is 66.0 cm³/mol. The summed E-state index contributed by atoms with van der Waals surface area (Å²) in [4.78, 5) is 2.45. The summed E-state index contributed by atoms with van der Waals surface area (Å²) >= 11 is 0. The van der Waals surface area contributed by atoms with Gasteiger partial charge in [-0.15, -0.1) is 0 Å². The minimum absolute atomic E-state index is 1.18. The summed E-state index contributed by atoms with van der Waals surface area (Å²) < 4.78 is 0. The molecule has 80 valence electrons. The van der Waals surface area contributed by atoms with Gasteiger partial charge in [-0.3, -0.25) is 0 Å². The molecule has 1 saturated heterocycles. The molecule has 1 fully saturated rings. The van der Waals surface area contributed by atoms with E-state index in [1.165, 1.54) is 43.6 Å².